The molecule has 2 aromatic rings. The molecule has 31 heavy (non-hydrogen) atoms. The summed E-state index contributed by atoms with van der Waals surface area (Å²) in [5.74, 6) is -0.718. The molecule has 2 atom stereocenters. The first-order valence-corrected chi connectivity index (χ1v) is 11.5. The lowest BCUT2D eigenvalue weighted by Gasteiger charge is -2.26. The Balaban J connectivity index is 2.02. The molecule has 0 spiro atoms. The molecule has 0 aliphatic carbocycles. The smallest absolute Gasteiger partial charge is 0.241 e. The molecule has 0 aromatic heterocycles. The van der Waals surface area contributed by atoms with E-state index in [1.807, 2.05) is 37.2 Å². The average Bonchev–Trinajstić information content (AvgIpc) is 2.68. The van der Waals surface area contributed by atoms with Crippen molar-refractivity contribution >= 4 is 39.1 Å². The SMILES string of the molecule is CC(=O)Nc1ccc(S(=O)(=O)N[C@@H](C)C(=O)NCC(c2ccccc2Cl)N(C)C)cc1. The van der Waals surface area contributed by atoms with Crippen molar-refractivity contribution < 1.29 is 18.0 Å². The predicted octanol–water partition coefficient (Wildman–Crippen LogP) is 2.38. The van der Waals surface area contributed by atoms with Crippen LogP contribution in [0.5, 0.6) is 0 Å². The van der Waals surface area contributed by atoms with Gasteiger partial charge in [-0.25, -0.2) is 8.42 Å². The number of benzene rings is 2. The van der Waals surface area contributed by atoms with Crippen molar-refractivity contribution in [3.63, 3.8) is 0 Å². The van der Waals surface area contributed by atoms with E-state index in [1.165, 1.54) is 38.1 Å². The van der Waals surface area contributed by atoms with E-state index in [-0.39, 0.29) is 23.4 Å². The van der Waals surface area contributed by atoms with E-state index in [9.17, 15) is 18.0 Å². The van der Waals surface area contributed by atoms with Crippen molar-refractivity contribution in [2.24, 2.45) is 0 Å². The Labute approximate surface area is 188 Å². The van der Waals surface area contributed by atoms with E-state index in [0.29, 0.717) is 10.7 Å². The predicted molar refractivity (Wildman–Crippen MR) is 121 cm³/mol. The van der Waals surface area contributed by atoms with Crippen molar-refractivity contribution in [3.05, 3.63) is 59.1 Å². The molecule has 1 unspecified atom stereocenters. The third-order valence-electron chi connectivity index (χ3n) is 4.57. The number of rotatable bonds is 9. The molecule has 10 heteroatoms. The highest BCUT2D eigenvalue weighted by Gasteiger charge is 2.24. The van der Waals surface area contributed by atoms with E-state index < -0.39 is 22.0 Å². The molecule has 0 heterocycles. The Bertz CT molecular complexity index is 1030. The summed E-state index contributed by atoms with van der Waals surface area (Å²) in [5.41, 5.74) is 1.34. The summed E-state index contributed by atoms with van der Waals surface area (Å²) in [6.07, 6.45) is 0. The largest absolute Gasteiger partial charge is 0.353 e. The van der Waals surface area contributed by atoms with Crippen molar-refractivity contribution in [1.82, 2.24) is 14.9 Å². The van der Waals surface area contributed by atoms with E-state index >= 15 is 0 Å². The Morgan fingerprint density at radius 1 is 1.06 bits per heavy atom. The van der Waals surface area contributed by atoms with E-state index in [0.717, 1.165) is 5.56 Å². The van der Waals surface area contributed by atoms with Crippen LogP contribution in [0.3, 0.4) is 0 Å². The molecular formula is C21H27ClN4O4S. The molecule has 0 aliphatic heterocycles. The first-order chi connectivity index (χ1) is 14.5. The van der Waals surface area contributed by atoms with E-state index in [2.05, 4.69) is 15.4 Å². The van der Waals surface area contributed by atoms with Gasteiger partial charge in [-0.3, -0.25) is 9.59 Å². The third kappa shape index (κ3) is 7.03. The standard InChI is InChI=1S/C21H27ClN4O4S/c1-14(25-31(29,30)17-11-9-16(10-12-17)24-15(2)27)21(28)23-13-20(26(3)4)18-7-5-6-8-19(18)22/h5-12,14,20,25H,13H2,1-4H3,(H,23,28)(H,24,27)/t14-,20?/m0/s1. The normalized spacial score (nSPS) is 13.5. The lowest BCUT2D eigenvalue weighted by Crippen LogP contribution is -2.46. The van der Waals surface area contributed by atoms with E-state index in [1.54, 1.807) is 6.07 Å². The van der Waals surface area contributed by atoms with Gasteiger partial charge >= 0.3 is 0 Å². The van der Waals surface area contributed by atoms with Crippen LogP contribution in [-0.2, 0) is 19.6 Å². The number of hydrogen-bond donors (Lipinski definition) is 3. The maximum atomic E-state index is 12.6. The van der Waals surface area contributed by atoms with Crippen LogP contribution in [0.2, 0.25) is 5.02 Å². The minimum Gasteiger partial charge on any atom is -0.353 e. The topological polar surface area (TPSA) is 108 Å². The number of hydrogen-bond acceptors (Lipinski definition) is 5. The average molecular weight is 467 g/mol. The molecule has 3 N–H and O–H groups in total. The molecular weight excluding hydrogens is 440 g/mol. The molecule has 2 amide bonds. The molecule has 0 saturated carbocycles. The summed E-state index contributed by atoms with van der Waals surface area (Å²) in [5, 5.41) is 5.93. The molecule has 0 fully saturated rings. The van der Waals surface area contributed by atoms with Crippen molar-refractivity contribution in [2.45, 2.75) is 30.8 Å². The van der Waals surface area contributed by atoms with E-state index in [4.69, 9.17) is 11.6 Å². The minimum absolute atomic E-state index is 0.0107. The molecule has 0 saturated heterocycles. The fraction of sp³-hybridized carbons (Fsp3) is 0.333. The summed E-state index contributed by atoms with van der Waals surface area (Å²) in [7, 11) is -0.175. The molecule has 2 rings (SSSR count). The van der Waals surface area contributed by atoms with Crippen molar-refractivity contribution in [1.29, 1.82) is 0 Å². The number of nitrogens with one attached hydrogen (secondary N) is 3. The molecule has 0 aliphatic rings. The van der Waals surface area contributed by atoms with Gasteiger partial charge in [0.05, 0.1) is 17.0 Å². The fourth-order valence-electron chi connectivity index (χ4n) is 2.94. The zero-order chi connectivity index (χ0) is 23.2. The zero-order valence-corrected chi connectivity index (χ0v) is 19.4. The van der Waals surface area contributed by atoms with Gasteiger partial charge in [-0.1, -0.05) is 29.8 Å². The second-order valence-electron chi connectivity index (χ2n) is 7.29. The Kier molecular flexibility index (Phi) is 8.58. The number of amides is 2. The van der Waals surface area contributed by atoms with Gasteiger partial charge in [0.25, 0.3) is 0 Å². The van der Waals surface area contributed by atoms with Gasteiger partial charge in [-0.15, -0.1) is 0 Å². The summed E-state index contributed by atoms with van der Waals surface area (Å²) in [6.45, 7) is 3.09. The highest BCUT2D eigenvalue weighted by molar-refractivity contribution is 7.89. The molecule has 2 aromatic carbocycles. The number of anilines is 1. The Morgan fingerprint density at radius 3 is 2.23 bits per heavy atom. The van der Waals surface area contributed by atoms with Crippen molar-refractivity contribution in [2.75, 3.05) is 26.0 Å². The Hall–Kier alpha value is -2.46. The van der Waals surface area contributed by atoms with Gasteiger partial charge in [0.2, 0.25) is 21.8 Å². The maximum Gasteiger partial charge on any atom is 0.241 e. The number of sulfonamides is 1. The van der Waals surface area contributed by atoms with Gasteiger partial charge < -0.3 is 15.5 Å². The van der Waals surface area contributed by atoms with Crippen LogP contribution in [0.15, 0.2) is 53.4 Å². The van der Waals surface area contributed by atoms with Crippen LogP contribution in [0.1, 0.15) is 25.5 Å². The van der Waals surface area contributed by atoms with Gasteiger partial charge in [-0.05, 0) is 56.9 Å². The highest BCUT2D eigenvalue weighted by atomic mass is 35.5. The monoisotopic (exact) mass is 466 g/mol. The van der Waals surface area contributed by atoms with Crippen LogP contribution in [-0.4, -0.2) is 51.8 Å². The second-order valence-corrected chi connectivity index (χ2v) is 9.42. The lowest BCUT2D eigenvalue weighted by atomic mass is 10.1. The number of carbonyl (C=O) groups excluding carboxylic acids is 2. The Morgan fingerprint density at radius 2 is 1.68 bits per heavy atom. The minimum atomic E-state index is -3.92. The van der Waals surface area contributed by atoms with Crippen LogP contribution in [0.25, 0.3) is 0 Å². The third-order valence-corrected chi connectivity index (χ3v) is 6.47. The maximum absolute atomic E-state index is 12.6. The van der Waals surface area contributed by atoms with Gasteiger partial charge in [0.15, 0.2) is 0 Å². The summed E-state index contributed by atoms with van der Waals surface area (Å²) in [6, 6.07) is 11.9. The number of nitrogens with zero attached hydrogens (tertiary/aromatic N) is 1. The first kappa shape index (κ1) is 24.8. The lowest BCUT2D eigenvalue weighted by molar-refractivity contribution is -0.122. The van der Waals surface area contributed by atoms with Gasteiger partial charge in [0, 0.05) is 24.2 Å². The highest BCUT2D eigenvalue weighted by Crippen LogP contribution is 2.25. The fourth-order valence-corrected chi connectivity index (χ4v) is 4.41. The summed E-state index contributed by atoms with van der Waals surface area (Å²) >= 11 is 6.28. The number of carbonyl (C=O) groups is 2. The number of likely N-dealkylation sites (N-methyl/N-ethyl adjacent to an activating group) is 1. The molecule has 8 nitrogen and oxygen atoms in total. The molecule has 168 valence electrons. The second kappa shape index (κ2) is 10.7. The first-order valence-electron chi connectivity index (χ1n) is 9.60. The van der Waals surface area contributed by atoms with Gasteiger partial charge in [0.1, 0.15) is 0 Å². The van der Waals surface area contributed by atoms with Gasteiger partial charge in [-0.2, -0.15) is 4.72 Å². The quantitative estimate of drug-likeness (QED) is 0.526. The molecule has 0 radical (unpaired) electrons. The number of halogens is 1. The van der Waals surface area contributed by atoms with Crippen LogP contribution in [0, 0.1) is 0 Å². The van der Waals surface area contributed by atoms with Crippen LogP contribution < -0.4 is 15.4 Å². The summed E-state index contributed by atoms with van der Waals surface area (Å²) < 4.78 is 27.5. The van der Waals surface area contributed by atoms with Crippen LogP contribution >= 0.6 is 11.6 Å². The zero-order valence-electron chi connectivity index (χ0n) is 17.8. The van der Waals surface area contributed by atoms with Crippen LogP contribution in [0.4, 0.5) is 5.69 Å². The van der Waals surface area contributed by atoms with Crippen molar-refractivity contribution in [3.8, 4) is 0 Å². The molecule has 0 bridgehead atoms. The summed E-state index contributed by atoms with van der Waals surface area (Å²) in [4.78, 5) is 25.5.